The van der Waals surface area contributed by atoms with Crippen LogP contribution in [0.25, 0.3) is 0 Å². The molecule has 0 unspecified atom stereocenters. The predicted octanol–water partition coefficient (Wildman–Crippen LogP) is 3.67. The third kappa shape index (κ3) is 5.93. The maximum absolute atomic E-state index is 13.5. The Labute approximate surface area is 199 Å². The molecule has 0 bridgehead atoms. The first-order chi connectivity index (χ1) is 16.2. The molecule has 3 rings (SSSR count). The van der Waals surface area contributed by atoms with Crippen LogP contribution < -0.4 is 19.7 Å². The number of para-hydroxylation sites is 1. The molecule has 8 nitrogen and oxygen atoms in total. The third-order valence-corrected chi connectivity index (χ3v) is 6.61. The molecule has 3 aromatic carbocycles. The number of ether oxygens (including phenoxy) is 1. The van der Waals surface area contributed by atoms with E-state index in [1.54, 1.807) is 60.7 Å². The lowest BCUT2D eigenvalue weighted by atomic mass is 10.1. The fourth-order valence-corrected chi connectivity index (χ4v) is 4.68. The van der Waals surface area contributed by atoms with Crippen LogP contribution in [0, 0.1) is 0 Å². The largest absolute Gasteiger partial charge is 0.497 e. The Kier molecular flexibility index (Phi) is 7.91. The molecule has 0 atom stereocenters. The van der Waals surface area contributed by atoms with E-state index in [4.69, 9.17) is 4.74 Å². The van der Waals surface area contributed by atoms with Crippen LogP contribution in [-0.2, 0) is 14.8 Å². The van der Waals surface area contributed by atoms with Gasteiger partial charge in [0.1, 0.15) is 12.3 Å². The molecule has 9 heteroatoms. The van der Waals surface area contributed by atoms with Gasteiger partial charge in [0.05, 0.1) is 28.9 Å². The van der Waals surface area contributed by atoms with Crippen LogP contribution in [0.4, 0.5) is 11.4 Å². The normalized spacial score (nSPS) is 11.1. The zero-order chi connectivity index (χ0) is 24.7. The molecule has 3 aromatic rings. The van der Waals surface area contributed by atoms with Crippen molar-refractivity contribution in [2.75, 3.05) is 23.3 Å². The van der Waals surface area contributed by atoms with Crippen molar-refractivity contribution in [3.8, 4) is 5.75 Å². The number of sulfonamides is 1. The number of methoxy groups -OCH3 is 1. The van der Waals surface area contributed by atoms with Crippen LogP contribution in [0.15, 0.2) is 83.8 Å². The minimum atomic E-state index is -4.07. The Morgan fingerprint density at radius 3 is 2.29 bits per heavy atom. The lowest BCUT2D eigenvalue weighted by Crippen LogP contribution is -2.38. The number of benzene rings is 3. The second kappa shape index (κ2) is 10.8. The Bertz CT molecular complexity index is 1260. The Balaban J connectivity index is 1.94. The van der Waals surface area contributed by atoms with Gasteiger partial charge >= 0.3 is 0 Å². The van der Waals surface area contributed by atoms with Gasteiger partial charge in [-0.15, -0.1) is 0 Å². The molecule has 0 fully saturated rings. The first kappa shape index (κ1) is 24.8. The molecule has 0 aliphatic rings. The van der Waals surface area contributed by atoms with E-state index in [-0.39, 0.29) is 33.8 Å². The van der Waals surface area contributed by atoms with E-state index in [1.807, 2.05) is 13.8 Å². The second-order valence-electron chi connectivity index (χ2n) is 7.75. The van der Waals surface area contributed by atoms with Crippen LogP contribution in [0.2, 0.25) is 0 Å². The highest BCUT2D eigenvalue weighted by atomic mass is 32.2. The molecule has 0 aromatic heterocycles. The molecule has 0 aliphatic heterocycles. The summed E-state index contributed by atoms with van der Waals surface area (Å²) in [5.74, 6) is -0.499. The molecule has 2 amide bonds. The van der Waals surface area contributed by atoms with Crippen molar-refractivity contribution >= 4 is 33.2 Å². The number of hydrogen-bond acceptors (Lipinski definition) is 5. The van der Waals surface area contributed by atoms with Crippen LogP contribution in [-0.4, -0.2) is 39.9 Å². The number of rotatable bonds is 9. The molecule has 0 aliphatic carbocycles. The highest BCUT2D eigenvalue weighted by Crippen LogP contribution is 2.27. The fraction of sp³-hybridized carbons (Fsp3) is 0.200. The van der Waals surface area contributed by atoms with Crippen molar-refractivity contribution in [1.29, 1.82) is 0 Å². The minimum absolute atomic E-state index is 0.0438. The molecule has 2 N–H and O–H groups in total. The van der Waals surface area contributed by atoms with Gasteiger partial charge in [-0.05, 0) is 50.2 Å². The molecule has 0 saturated heterocycles. The summed E-state index contributed by atoms with van der Waals surface area (Å²) in [6, 6.07) is 20.8. The van der Waals surface area contributed by atoms with E-state index >= 15 is 0 Å². The fourth-order valence-electron chi connectivity index (χ4n) is 3.25. The van der Waals surface area contributed by atoms with E-state index in [1.165, 1.54) is 25.3 Å². The lowest BCUT2D eigenvalue weighted by molar-refractivity contribution is -0.114. The second-order valence-corrected chi connectivity index (χ2v) is 9.61. The van der Waals surface area contributed by atoms with Gasteiger partial charge in [-0.1, -0.05) is 36.4 Å². The predicted molar refractivity (Wildman–Crippen MR) is 132 cm³/mol. The molecular formula is C25H27N3O5S. The average Bonchev–Trinajstić information content (AvgIpc) is 2.83. The van der Waals surface area contributed by atoms with Crippen molar-refractivity contribution in [1.82, 2.24) is 5.32 Å². The third-order valence-electron chi connectivity index (χ3n) is 4.83. The Morgan fingerprint density at radius 2 is 1.62 bits per heavy atom. The Hall–Kier alpha value is -3.85. The summed E-state index contributed by atoms with van der Waals surface area (Å²) in [4.78, 5) is 25.6. The van der Waals surface area contributed by atoms with Crippen molar-refractivity contribution in [2.45, 2.75) is 24.8 Å². The van der Waals surface area contributed by atoms with Crippen molar-refractivity contribution in [3.63, 3.8) is 0 Å². The van der Waals surface area contributed by atoms with Gasteiger partial charge in [0.2, 0.25) is 5.91 Å². The zero-order valence-electron chi connectivity index (χ0n) is 19.2. The van der Waals surface area contributed by atoms with Gasteiger partial charge in [-0.3, -0.25) is 13.9 Å². The molecular weight excluding hydrogens is 454 g/mol. The van der Waals surface area contributed by atoms with Gasteiger partial charge in [0.25, 0.3) is 15.9 Å². The summed E-state index contributed by atoms with van der Waals surface area (Å²) in [7, 11) is -2.60. The SMILES string of the molecule is COc1cccc(N(CC(=O)Nc2ccccc2C(=O)NC(C)C)S(=O)(=O)c2ccccc2)c1. The van der Waals surface area contributed by atoms with Crippen molar-refractivity contribution in [3.05, 3.63) is 84.4 Å². The zero-order valence-corrected chi connectivity index (χ0v) is 20.0. The van der Waals surface area contributed by atoms with Crippen molar-refractivity contribution in [2.24, 2.45) is 0 Å². The standard InChI is InChI=1S/C25H27N3O5S/c1-18(2)26-25(30)22-14-7-8-15-23(22)27-24(29)17-28(19-10-9-11-20(16-19)33-3)34(31,32)21-12-5-4-6-13-21/h4-16,18H,17H2,1-3H3,(H,26,30)(H,27,29). The summed E-state index contributed by atoms with van der Waals surface area (Å²) >= 11 is 0. The number of carbonyl (C=O) groups excluding carboxylic acids is 2. The van der Waals surface area contributed by atoms with Gasteiger partial charge in [0, 0.05) is 12.1 Å². The lowest BCUT2D eigenvalue weighted by Gasteiger charge is -2.24. The van der Waals surface area contributed by atoms with Crippen LogP contribution >= 0.6 is 0 Å². The summed E-state index contributed by atoms with van der Waals surface area (Å²) in [6.07, 6.45) is 0. The number of amides is 2. The first-order valence-electron chi connectivity index (χ1n) is 10.6. The monoisotopic (exact) mass is 481 g/mol. The summed E-state index contributed by atoms with van der Waals surface area (Å²) < 4.78 is 33.2. The first-order valence-corrected chi connectivity index (χ1v) is 12.1. The number of hydrogen-bond donors (Lipinski definition) is 2. The quantitative estimate of drug-likeness (QED) is 0.485. The maximum Gasteiger partial charge on any atom is 0.264 e. The Morgan fingerprint density at radius 1 is 0.941 bits per heavy atom. The van der Waals surface area contributed by atoms with Gasteiger partial charge in [0.15, 0.2) is 0 Å². The molecule has 0 saturated carbocycles. The molecule has 0 radical (unpaired) electrons. The molecule has 0 heterocycles. The summed E-state index contributed by atoms with van der Waals surface area (Å²) in [5, 5.41) is 5.47. The van der Waals surface area contributed by atoms with Crippen LogP contribution in [0.5, 0.6) is 5.75 Å². The molecule has 0 spiro atoms. The van der Waals surface area contributed by atoms with Crippen molar-refractivity contribution < 1.29 is 22.7 Å². The van der Waals surface area contributed by atoms with E-state index < -0.39 is 22.5 Å². The highest BCUT2D eigenvalue weighted by molar-refractivity contribution is 7.92. The number of nitrogens with one attached hydrogen (secondary N) is 2. The van der Waals surface area contributed by atoms with E-state index in [0.29, 0.717) is 5.75 Å². The highest BCUT2D eigenvalue weighted by Gasteiger charge is 2.28. The van der Waals surface area contributed by atoms with E-state index in [0.717, 1.165) is 4.31 Å². The minimum Gasteiger partial charge on any atom is -0.497 e. The molecule has 34 heavy (non-hydrogen) atoms. The van der Waals surface area contributed by atoms with Gasteiger partial charge in [-0.2, -0.15) is 0 Å². The maximum atomic E-state index is 13.5. The van der Waals surface area contributed by atoms with Crippen LogP contribution in [0.3, 0.4) is 0 Å². The van der Waals surface area contributed by atoms with Crippen LogP contribution in [0.1, 0.15) is 24.2 Å². The van der Waals surface area contributed by atoms with Gasteiger partial charge < -0.3 is 15.4 Å². The molecule has 178 valence electrons. The topological polar surface area (TPSA) is 105 Å². The van der Waals surface area contributed by atoms with E-state index in [2.05, 4.69) is 10.6 Å². The number of nitrogens with zero attached hydrogens (tertiary/aromatic N) is 1. The number of anilines is 2. The number of carbonyl (C=O) groups is 2. The average molecular weight is 482 g/mol. The van der Waals surface area contributed by atoms with Gasteiger partial charge in [-0.25, -0.2) is 8.42 Å². The summed E-state index contributed by atoms with van der Waals surface area (Å²) in [5.41, 5.74) is 0.834. The summed E-state index contributed by atoms with van der Waals surface area (Å²) in [6.45, 7) is 3.16. The van der Waals surface area contributed by atoms with E-state index in [9.17, 15) is 18.0 Å². The smallest absolute Gasteiger partial charge is 0.264 e.